The maximum atomic E-state index is 5.86. The summed E-state index contributed by atoms with van der Waals surface area (Å²) >= 11 is 0. The van der Waals surface area contributed by atoms with Crippen LogP contribution in [0.5, 0.6) is 0 Å². The molecule has 0 unspecified atom stereocenters. The Hall–Kier alpha value is -1.61. The molecule has 0 spiro atoms. The van der Waals surface area contributed by atoms with E-state index in [1.54, 1.807) is 0 Å². The smallest absolute Gasteiger partial charge is 0.129 e. The number of nitrogens with two attached hydrogens (primary N) is 1. The summed E-state index contributed by atoms with van der Waals surface area (Å²) in [5, 5.41) is 1.16. The molecular formula is C15H21N3. The normalized spacial score (nSPS) is 11.2. The Morgan fingerprint density at radius 2 is 2.00 bits per heavy atom. The molecule has 2 rings (SSSR count). The van der Waals surface area contributed by atoms with Gasteiger partial charge in [0.1, 0.15) is 5.82 Å². The second-order valence-electron chi connectivity index (χ2n) is 4.74. The molecule has 2 aromatic rings. The summed E-state index contributed by atoms with van der Waals surface area (Å²) in [5.74, 6) is 1.02. The number of benzene rings is 1. The zero-order valence-electron chi connectivity index (χ0n) is 11.4. The van der Waals surface area contributed by atoms with E-state index in [2.05, 4.69) is 37.8 Å². The zero-order valence-corrected chi connectivity index (χ0v) is 11.4. The van der Waals surface area contributed by atoms with Crippen molar-refractivity contribution in [2.45, 2.75) is 33.4 Å². The van der Waals surface area contributed by atoms with E-state index in [1.165, 1.54) is 0 Å². The minimum atomic E-state index is 0.439. The largest absolute Gasteiger partial charge is 0.354 e. The lowest BCUT2D eigenvalue weighted by Crippen LogP contribution is -2.31. The van der Waals surface area contributed by atoms with E-state index < -0.39 is 0 Å². The van der Waals surface area contributed by atoms with Crippen molar-refractivity contribution in [2.75, 3.05) is 11.4 Å². The fourth-order valence-corrected chi connectivity index (χ4v) is 2.34. The van der Waals surface area contributed by atoms with Crippen LogP contribution in [0.1, 0.15) is 26.3 Å². The van der Waals surface area contributed by atoms with Crippen LogP contribution < -0.4 is 10.6 Å². The third kappa shape index (κ3) is 2.31. The van der Waals surface area contributed by atoms with E-state index in [4.69, 9.17) is 10.7 Å². The summed E-state index contributed by atoms with van der Waals surface area (Å²) in [5.41, 5.74) is 8.04. The molecule has 0 bridgehead atoms. The van der Waals surface area contributed by atoms with Gasteiger partial charge in [0, 0.05) is 24.5 Å². The molecule has 0 radical (unpaired) electrons. The van der Waals surface area contributed by atoms with Gasteiger partial charge in [0.2, 0.25) is 0 Å². The summed E-state index contributed by atoms with van der Waals surface area (Å²) in [6, 6.07) is 10.7. The highest BCUT2D eigenvalue weighted by atomic mass is 15.2. The van der Waals surface area contributed by atoms with Gasteiger partial charge in [-0.05, 0) is 38.5 Å². The van der Waals surface area contributed by atoms with Gasteiger partial charge in [-0.25, -0.2) is 4.98 Å². The van der Waals surface area contributed by atoms with E-state index in [9.17, 15) is 0 Å². The SMILES string of the molecule is CCN(c1cc(CN)c2ccccc2n1)C(C)C. The Morgan fingerprint density at radius 3 is 2.61 bits per heavy atom. The van der Waals surface area contributed by atoms with Crippen molar-refractivity contribution in [2.24, 2.45) is 5.73 Å². The summed E-state index contributed by atoms with van der Waals surface area (Å²) in [4.78, 5) is 7.03. The van der Waals surface area contributed by atoms with E-state index in [-0.39, 0.29) is 0 Å². The number of aromatic nitrogens is 1. The summed E-state index contributed by atoms with van der Waals surface area (Å²) in [6.07, 6.45) is 0. The van der Waals surface area contributed by atoms with Crippen molar-refractivity contribution in [3.63, 3.8) is 0 Å². The van der Waals surface area contributed by atoms with Crippen LogP contribution in [-0.2, 0) is 6.54 Å². The highest BCUT2D eigenvalue weighted by Gasteiger charge is 2.12. The lowest BCUT2D eigenvalue weighted by molar-refractivity contribution is 0.694. The first-order valence-corrected chi connectivity index (χ1v) is 6.52. The lowest BCUT2D eigenvalue weighted by Gasteiger charge is -2.27. The highest BCUT2D eigenvalue weighted by Crippen LogP contribution is 2.23. The van der Waals surface area contributed by atoms with Crippen LogP contribution in [-0.4, -0.2) is 17.6 Å². The second-order valence-corrected chi connectivity index (χ2v) is 4.74. The van der Waals surface area contributed by atoms with Gasteiger partial charge >= 0.3 is 0 Å². The summed E-state index contributed by atoms with van der Waals surface area (Å²) < 4.78 is 0. The van der Waals surface area contributed by atoms with Gasteiger partial charge in [-0.1, -0.05) is 18.2 Å². The third-order valence-corrected chi connectivity index (χ3v) is 3.27. The molecular weight excluding hydrogens is 222 g/mol. The molecule has 1 heterocycles. The number of fused-ring (bicyclic) bond motifs is 1. The molecule has 1 aromatic carbocycles. The molecule has 0 saturated carbocycles. The fourth-order valence-electron chi connectivity index (χ4n) is 2.34. The molecule has 1 aromatic heterocycles. The van der Waals surface area contributed by atoms with E-state index in [0.29, 0.717) is 12.6 Å². The van der Waals surface area contributed by atoms with Crippen LogP contribution in [0.4, 0.5) is 5.82 Å². The van der Waals surface area contributed by atoms with Crippen LogP contribution in [0, 0.1) is 0 Å². The standard InChI is InChI=1S/C15H21N3/c1-4-18(11(2)3)15-9-12(10-16)13-7-5-6-8-14(13)17-15/h5-9,11H,4,10,16H2,1-3H3. The monoisotopic (exact) mass is 243 g/mol. The van der Waals surface area contributed by atoms with Gasteiger partial charge in [0.15, 0.2) is 0 Å². The van der Waals surface area contributed by atoms with Crippen molar-refractivity contribution in [3.8, 4) is 0 Å². The van der Waals surface area contributed by atoms with Gasteiger partial charge in [-0.3, -0.25) is 0 Å². The molecule has 0 aliphatic carbocycles. The Bertz CT molecular complexity index is 534. The quantitative estimate of drug-likeness (QED) is 0.897. The lowest BCUT2D eigenvalue weighted by atomic mass is 10.1. The van der Waals surface area contributed by atoms with Gasteiger partial charge in [-0.15, -0.1) is 0 Å². The van der Waals surface area contributed by atoms with Crippen LogP contribution in [0.2, 0.25) is 0 Å². The molecule has 3 nitrogen and oxygen atoms in total. The molecule has 3 heteroatoms. The third-order valence-electron chi connectivity index (χ3n) is 3.27. The van der Waals surface area contributed by atoms with Crippen LogP contribution in [0.15, 0.2) is 30.3 Å². The van der Waals surface area contributed by atoms with Crippen molar-refractivity contribution < 1.29 is 0 Å². The predicted octanol–water partition coefficient (Wildman–Crippen LogP) is 2.93. The van der Waals surface area contributed by atoms with Crippen LogP contribution in [0.3, 0.4) is 0 Å². The molecule has 0 aliphatic heterocycles. The molecule has 0 aliphatic rings. The van der Waals surface area contributed by atoms with Crippen molar-refractivity contribution in [3.05, 3.63) is 35.9 Å². The van der Waals surface area contributed by atoms with Crippen molar-refractivity contribution in [1.82, 2.24) is 4.98 Å². The topological polar surface area (TPSA) is 42.1 Å². The van der Waals surface area contributed by atoms with Gasteiger partial charge in [0.05, 0.1) is 5.52 Å². The Kier molecular flexibility index (Phi) is 3.82. The highest BCUT2D eigenvalue weighted by molar-refractivity contribution is 5.84. The molecule has 18 heavy (non-hydrogen) atoms. The Labute approximate surface area is 109 Å². The molecule has 0 fully saturated rings. The molecule has 96 valence electrons. The predicted molar refractivity (Wildman–Crippen MR) is 77.8 cm³/mol. The number of anilines is 1. The second kappa shape index (κ2) is 5.36. The Morgan fingerprint density at radius 1 is 1.28 bits per heavy atom. The molecule has 0 atom stereocenters. The van der Waals surface area contributed by atoms with Gasteiger partial charge < -0.3 is 10.6 Å². The zero-order chi connectivity index (χ0) is 13.1. The first-order chi connectivity index (χ1) is 8.67. The minimum Gasteiger partial charge on any atom is -0.354 e. The molecule has 2 N–H and O–H groups in total. The number of hydrogen-bond donors (Lipinski definition) is 1. The number of pyridine rings is 1. The number of nitrogens with zero attached hydrogens (tertiary/aromatic N) is 2. The number of para-hydroxylation sites is 1. The number of hydrogen-bond acceptors (Lipinski definition) is 3. The van der Waals surface area contributed by atoms with Crippen molar-refractivity contribution >= 4 is 16.7 Å². The minimum absolute atomic E-state index is 0.439. The van der Waals surface area contributed by atoms with Crippen molar-refractivity contribution in [1.29, 1.82) is 0 Å². The average Bonchev–Trinajstić information content (AvgIpc) is 2.38. The first-order valence-electron chi connectivity index (χ1n) is 6.52. The summed E-state index contributed by atoms with van der Waals surface area (Å²) in [7, 11) is 0. The fraction of sp³-hybridized carbons (Fsp3) is 0.400. The van der Waals surface area contributed by atoms with Gasteiger partial charge in [-0.2, -0.15) is 0 Å². The maximum absolute atomic E-state index is 5.86. The average molecular weight is 243 g/mol. The molecule has 0 amide bonds. The number of rotatable bonds is 4. The van der Waals surface area contributed by atoms with Crippen LogP contribution >= 0.6 is 0 Å². The van der Waals surface area contributed by atoms with Gasteiger partial charge in [0.25, 0.3) is 0 Å². The van der Waals surface area contributed by atoms with E-state index in [0.717, 1.165) is 28.8 Å². The first kappa shape index (κ1) is 12.8. The summed E-state index contributed by atoms with van der Waals surface area (Å²) in [6.45, 7) is 8.02. The molecule has 0 saturated heterocycles. The van der Waals surface area contributed by atoms with E-state index in [1.807, 2.05) is 18.2 Å². The van der Waals surface area contributed by atoms with E-state index >= 15 is 0 Å². The Balaban J connectivity index is 2.59. The maximum Gasteiger partial charge on any atom is 0.129 e. The van der Waals surface area contributed by atoms with Crippen LogP contribution in [0.25, 0.3) is 10.9 Å².